The highest BCUT2D eigenvalue weighted by molar-refractivity contribution is 5.08. The third-order valence-electron chi connectivity index (χ3n) is 3.07. The predicted octanol–water partition coefficient (Wildman–Crippen LogP) is 4.12. The summed E-state index contributed by atoms with van der Waals surface area (Å²) in [6, 6.07) is 0. The van der Waals surface area contributed by atoms with E-state index in [1.54, 1.807) is 0 Å². The summed E-state index contributed by atoms with van der Waals surface area (Å²) >= 11 is 0. The van der Waals surface area contributed by atoms with E-state index in [1.165, 1.54) is 19.3 Å². The summed E-state index contributed by atoms with van der Waals surface area (Å²) in [5, 5.41) is 0. The second-order valence-electron chi connectivity index (χ2n) is 4.56. The lowest BCUT2D eigenvalue weighted by Gasteiger charge is -2.27. The second-order valence-corrected chi connectivity index (χ2v) is 4.56. The van der Waals surface area contributed by atoms with E-state index >= 15 is 0 Å². The van der Waals surface area contributed by atoms with E-state index in [9.17, 15) is 4.39 Å². The van der Waals surface area contributed by atoms with Crippen molar-refractivity contribution in [1.82, 2.24) is 0 Å². The molecule has 76 valence electrons. The van der Waals surface area contributed by atoms with Crippen molar-refractivity contribution in [3.05, 3.63) is 12.2 Å². The van der Waals surface area contributed by atoms with Gasteiger partial charge in [-0.05, 0) is 30.3 Å². The van der Waals surface area contributed by atoms with E-state index in [0.29, 0.717) is 5.92 Å². The van der Waals surface area contributed by atoms with Gasteiger partial charge < -0.3 is 0 Å². The van der Waals surface area contributed by atoms with Crippen LogP contribution in [0.15, 0.2) is 12.2 Å². The molecule has 0 bridgehead atoms. The van der Waals surface area contributed by atoms with Crippen LogP contribution in [0.25, 0.3) is 0 Å². The van der Waals surface area contributed by atoms with Gasteiger partial charge in [0.25, 0.3) is 0 Å². The standard InChI is InChI=1S/C12H21F/c1-9(2)12(13)10(3)11-7-5-4-6-8-11/h9,11-12H,3-8H2,1-2H3. The Balaban J connectivity index is 2.45. The van der Waals surface area contributed by atoms with Crippen LogP contribution in [0.2, 0.25) is 0 Å². The number of rotatable bonds is 3. The van der Waals surface area contributed by atoms with Crippen LogP contribution >= 0.6 is 0 Å². The largest absolute Gasteiger partial charge is 0.242 e. The van der Waals surface area contributed by atoms with E-state index in [4.69, 9.17) is 0 Å². The quantitative estimate of drug-likeness (QED) is 0.579. The summed E-state index contributed by atoms with van der Waals surface area (Å²) in [7, 11) is 0. The molecule has 0 nitrogen and oxygen atoms in total. The maximum absolute atomic E-state index is 13.6. The van der Waals surface area contributed by atoms with Crippen LogP contribution in [0.5, 0.6) is 0 Å². The van der Waals surface area contributed by atoms with Gasteiger partial charge in [-0.25, -0.2) is 4.39 Å². The van der Waals surface area contributed by atoms with E-state index < -0.39 is 6.17 Å². The molecule has 0 heterocycles. The lowest BCUT2D eigenvalue weighted by atomic mass is 9.81. The molecular formula is C12H21F. The molecule has 0 aromatic heterocycles. The van der Waals surface area contributed by atoms with Gasteiger partial charge in [0.05, 0.1) is 0 Å². The van der Waals surface area contributed by atoms with Crippen LogP contribution in [0.1, 0.15) is 46.0 Å². The third-order valence-corrected chi connectivity index (χ3v) is 3.07. The highest BCUT2D eigenvalue weighted by Gasteiger charge is 2.24. The minimum Gasteiger partial charge on any atom is -0.242 e. The molecule has 0 aromatic rings. The highest BCUT2D eigenvalue weighted by Crippen LogP contribution is 2.33. The van der Waals surface area contributed by atoms with Crippen LogP contribution in [-0.4, -0.2) is 6.17 Å². The van der Waals surface area contributed by atoms with Crippen molar-refractivity contribution >= 4 is 0 Å². The smallest absolute Gasteiger partial charge is 0.123 e. The first kappa shape index (κ1) is 10.7. The zero-order valence-corrected chi connectivity index (χ0v) is 8.85. The molecular weight excluding hydrogens is 163 g/mol. The minimum atomic E-state index is -0.789. The molecule has 0 spiro atoms. The summed E-state index contributed by atoms with van der Waals surface area (Å²) in [6.45, 7) is 7.78. The SMILES string of the molecule is C=C(C1CCCCC1)C(F)C(C)C. The van der Waals surface area contributed by atoms with Gasteiger partial charge in [-0.15, -0.1) is 0 Å². The average molecular weight is 184 g/mol. The summed E-state index contributed by atoms with van der Waals surface area (Å²) in [6.07, 6.45) is 5.37. The van der Waals surface area contributed by atoms with Gasteiger partial charge in [0.1, 0.15) is 6.17 Å². The lowest BCUT2D eigenvalue weighted by Crippen LogP contribution is -2.20. The molecule has 0 N–H and O–H groups in total. The van der Waals surface area contributed by atoms with Gasteiger partial charge in [-0.1, -0.05) is 39.7 Å². The topological polar surface area (TPSA) is 0 Å². The molecule has 1 unspecified atom stereocenters. The van der Waals surface area contributed by atoms with E-state index in [-0.39, 0.29) is 5.92 Å². The van der Waals surface area contributed by atoms with Crippen molar-refractivity contribution < 1.29 is 4.39 Å². The minimum absolute atomic E-state index is 0.0921. The molecule has 1 fully saturated rings. The molecule has 0 aromatic carbocycles. The van der Waals surface area contributed by atoms with Crippen molar-refractivity contribution in [2.75, 3.05) is 0 Å². The predicted molar refractivity (Wildman–Crippen MR) is 55.4 cm³/mol. The maximum atomic E-state index is 13.6. The molecule has 0 saturated heterocycles. The molecule has 1 aliphatic rings. The number of halogens is 1. The van der Waals surface area contributed by atoms with Crippen molar-refractivity contribution in [3.8, 4) is 0 Å². The molecule has 0 radical (unpaired) electrons. The van der Waals surface area contributed by atoms with Crippen molar-refractivity contribution in [3.63, 3.8) is 0 Å². The van der Waals surface area contributed by atoms with Crippen molar-refractivity contribution in [2.24, 2.45) is 11.8 Å². The van der Waals surface area contributed by atoms with Crippen LogP contribution < -0.4 is 0 Å². The fourth-order valence-corrected chi connectivity index (χ4v) is 2.13. The first-order valence-electron chi connectivity index (χ1n) is 5.45. The number of alkyl halides is 1. The Kier molecular flexibility index (Phi) is 3.95. The zero-order chi connectivity index (χ0) is 9.84. The van der Waals surface area contributed by atoms with Crippen LogP contribution in [-0.2, 0) is 0 Å². The van der Waals surface area contributed by atoms with Gasteiger partial charge in [0, 0.05) is 0 Å². The van der Waals surface area contributed by atoms with Crippen LogP contribution in [0.4, 0.5) is 4.39 Å². The Morgan fingerprint density at radius 3 is 2.23 bits per heavy atom. The van der Waals surface area contributed by atoms with Crippen molar-refractivity contribution in [1.29, 1.82) is 0 Å². The zero-order valence-electron chi connectivity index (χ0n) is 8.85. The molecule has 1 rings (SSSR count). The maximum Gasteiger partial charge on any atom is 0.123 e. The Bertz CT molecular complexity index is 166. The Hall–Kier alpha value is -0.330. The van der Waals surface area contributed by atoms with Gasteiger partial charge in [0.15, 0.2) is 0 Å². The molecule has 0 amide bonds. The monoisotopic (exact) mass is 184 g/mol. The molecule has 1 atom stereocenters. The fourth-order valence-electron chi connectivity index (χ4n) is 2.13. The van der Waals surface area contributed by atoms with E-state index in [0.717, 1.165) is 18.4 Å². The Morgan fingerprint density at radius 2 is 1.77 bits per heavy atom. The summed E-state index contributed by atoms with van der Waals surface area (Å²) in [4.78, 5) is 0. The summed E-state index contributed by atoms with van der Waals surface area (Å²) in [5.41, 5.74) is 0.856. The molecule has 1 aliphatic carbocycles. The fraction of sp³-hybridized carbons (Fsp3) is 0.833. The van der Waals surface area contributed by atoms with Gasteiger partial charge in [0.2, 0.25) is 0 Å². The first-order chi connectivity index (χ1) is 6.13. The van der Waals surface area contributed by atoms with Crippen molar-refractivity contribution in [2.45, 2.75) is 52.1 Å². The highest BCUT2D eigenvalue weighted by atomic mass is 19.1. The lowest BCUT2D eigenvalue weighted by molar-refractivity contribution is 0.258. The number of allylic oxidation sites excluding steroid dienone is 1. The van der Waals surface area contributed by atoms with Gasteiger partial charge in [-0.3, -0.25) is 0 Å². The summed E-state index contributed by atoms with van der Waals surface area (Å²) < 4.78 is 13.6. The second kappa shape index (κ2) is 4.78. The normalized spacial score (nSPS) is 21.8. The van der Waals surface area contributed by atoms with Gasteiger partial charge >= 0.3 is 0 Å². The first-order valence-corrected chi connectivity index (χ1v) is 5.45. The molecule has 1 heteroatoms. The number of hydrogen-bond acceptors (Lipinski definition) is 0. The number of hydrogen-bond donors (Lipinski definition) is 0. The Labute approximate surface area is 81.2 Å². The van der Waals surface area contributed by atoms with E-state index in [2.05, 4.69) is 6.58 Å². The Morgan fingerprint density at radius 1 is 1.23 bits per heavy atom. The molecule has 13 heavy (non-hydrogen) atoms. The molecule has 1 saturated carbocycles. The van der Waals surface area contributed by atoms with E-state index in [1.807, 2.05) is 13.8 Å². The molecule has 0 aliphatic heterocycles. The third kappa shape index (κ3) is 2.82. The average Bonchev–Trinajstić information content (AvgIpc) is 2.17. The summed E-state index contributed by atoms with van der Waals surface area (Å²) in [5.74, 6) is 0.556. The van der Waals surface area contributed by atoms with Crippen LogP contribution in [0, 0.1) is 11.8 Å². The van der Waals surface area contributed by atoms with Gasteiger partial charge in [-0.2, -0.15) is 0 Å². The van der Waals surface area contributed by atoms with Crippen LogP contribution in [0.3, 0.4) is 0 Å².